The lowest BCUT2D eigenvalue weighted by Crippen LogP contribution is -2.55. The zero-order valence-electron chi connectivity index (χ0n) is 25.4. The molecular formula is C33H41N7O2S. The minimum Gasteiger partial charge on any atom is -0.465 e. The van der Waals surface area contributed by atoms with Crippen LogP contribution >= 0.6 is 11.3 Å². The predicted molar refractivity (Wildman–Crippen MR) is 174 cm³/mol. The van der Waals surface area contributed by atoms with E-state index in [-0.39, 0.29) is 17.5 Å². The molecule has 6 rings (SSSR count). The number of nitrogens with zero attached hydrogens (tertiary/aromatic N) is 5. The van der Waals surface area contributed by atoms with Crippen molar-refractivity contribution in [3.63, 3.8) is 0 Å². The Kier molecular flexibility index (Phi) is 8.24. The minimum atomic E-state index is -0.827. The molecule has 2 saturated heterocycles. The third kappa shape index (κ3) is 6.45. The highest BCUT2D eigenvalue weighted by Crippen LogP contribution is 2.34. The molecule has 1 amide bonds. The van der Waals surface area contributed by atoms with Crippen LogP contribution in [-0.4, -0.2) is 62.3 Å². The van der Waals surface area contributed by atoms with Gasteiger partial charge in [0.25, 0.3) is 0 Å². The van der Waals surface area contributed by atoms with Gasteiger partial charge in [-0.1, -0.05) is 45.0 Å². The van der Waals surface area contributed by atoms with Gasteiger partial charge in [-0.2, -0.15) is 0 Å². The van der Waals surface area contributed by atoms with Crippen molar-refractivity contribution < 1.29 is 9.90 Å². The smallest absolute Gasteiger partial charge is 0.407 e. The minimum absolute atomic E-state index is 0.0208. The SMILES string of the molecule is CC1CCCN1c1cccc(Nc2nc(-c3cccc(CNC4CCN(C(=O)O)[C@H](C(C)(C)C)C4)c3)nc3scnc23)c1. The van der Waals surface area contributed by atoms with Gasteiger partial charge in [0.05, 0.1) is 5.51 Å². The number of hydrogen-bond donors (Lipinski definition) is 3. The highest BCUT2D eigenvalue weighted by Gasteiger charge is 2.38. The molecule has 10 heteroatoms. The van der Waals surface area contributed by atoms with Gasteiger partial charge in [-0.25, -0.2) is 19.7 Å². The molecule has 0 spiro atoms. The molecule has 2 aromatic heterocycles. The number of amides is 1. The van der Waals surface area contributed by atoms with Crippen molar-refractivity contribution in [2.75, 3.05) is 23.3 Å². The third-order valence-corrected chi connectivity index (χ3v) is 9.54. The summed E-state index contributed by atoms with van der Waals surface area (Å²) < 4.78 is 0. The first-order valence-electron chi connectivity index (χ1n) is 15.2. The molecule has 3 N–H and O–H groups in total. The Labute approximate surface area is 257 Å². The Morgan fingerprint density at radius 3 is 2.70 bits per heavy atom. The van der Waals surface area contributed by atoms with Crippen molar-refractivity contribution in [1.82, 2.24) is 25.2 Å². The van der Waals surface area contributed by atoms with E-state index in [4.69, 9.17) is 9.97 Å². The Bertz CT molecular complexity index is 1600. The number of nitrogens with one attached hydrogen (secondary N) is 2. The van der Waals surface area contributed by atoms with Gasteiger partial charge in [-0.05, 0) is 67.9 Å². The van der Waals surface area contributed by atoms with Crippen LogP contribution in [0.2, 0.25) is 0 Å². The zero-order chi connectivity index (χ0) is 30.1. The van der Waals surface area contributed by atoms with Crippen molar-refractivity contribution in [3.8, 4) is 11.4 Å². The molecule has 2 aliphatic rings. The standard InChI is InChI=1S/C33H41N7O2S/c1-21-8-7-14-39(21)26-12-6-11-25(17-26)36-30-28-31(43-20-35-28)38-29(37-30)23-10-5-9-22(16-23)19-34-24-13-15-40(32(41)42)27(18-24)33(2,3)4/h5-6,9-12,16-17,20-21,24,27,34H,7-8,13-15,18-19H2,1-4H3,(H,41,42)(H,36,37,38)/t21?,24?,27-/m0/s1. The Balaban J connectivity index is 1.19. The molecule has 2 unspecified atom stereocenters. The molecular weight excluding hydrogens is 558 g/mol. The summed E-state index contributed by atoms with van der Waals surface area (Å²) in [6.07, 6.45) is 3.22. The Morgan fingerprint density at radius 2 is 1.93 bits per heavy atom. The highest BCUT2D eigenvalue weighted by molar-refractivity contribution is 7.16. The fourth-order valence-electron chi connectivity index (χ4n) is 6.48. The lowest BCUT2D eigenvalue weighted by molar-refractivity contribution is 0.0481. The quantitative estimate of drug-likeness (QED) is 0.206. The normalized spacial score (nSPS) is 21.0. The van der Waals surface area contributed by atoms with Gasteiger partial charge < -0.3 is 25.5 Å². The largest absolute Gasteiger partial charge is 0.465 e. The number of thiazole rings is 1. The van der Waals surface area contributed by atoms with E-state index in [0.717, 1.165) is 46.5 Å². The monoisotopic (exact) mass is 599 g/mol. The third-order valence-electron chi connectivity index (χ3n) is 8.82. The Morgan fingerprint density at radius 1 is 1.09 bits per heavy atom. The van der Waals surface area contributed by atoms with Gasteiger partial charge in [0.2, 0.25) is 0 Å². The van der Waals surface area contributed by atoms with E-state index in [0.29, 0.717) is 30.8 Å². The Hall–Kier alpha value is -3.76. The van der Waals surface area contributed by atoms with Crippen LogP contribution in [0.5, 0.6) is 0 Å². The number of hydrogen-bond acceptors (Lipinski definition) is 8. The van der Waals surface area contributed by atoms with Crippen LogP contribution < -0.4 is 15.5 Å². The van der Waals surface area contributed by atoms with Gasteiger partial charge in [0.15, 0.2) is 11.6 Å². The number of carboxylic acid groups (broad SMARTS) is 1. The molecule has 3 atom stereocenters. The van der Waals surface area contributed by atoms with Crippen molar-refractivity contribution in [3.05, 3.63) is 59.6 Å². The molecule has 0 bridgehead atoms. The van der Waals surface area contributed by atoms with Crippen LogP contribution in [0.15, 0.2) is 54.0 Å². The fraction of sp³-hybridized carbons (Fsp3) is 0.455. The summed E-state index contributed by atoms with van der Waals surface area (Å²) in [5.74, 6) is 1.36. The molecule has 226 valence electrons. The van der Waals surface area contributed by atoms with Crippen molar-refractivity contribution >= 4 is 45.0 Å². The van der Waals surface area contributed by atoms with Gasteiger partial charge in [-0.3, -0.25) is 0 Å². The zero-order valence-corrected chi connectivity index (χ0v) is 26.2. The average molecular weight is 600 g/mol. The fourth-order valence-corrected chi connectivity index (χ4v) is 7.14. The van der Waals surface area contributed by atoms with Gasteiger partial charge in [0, 0.05) is 54.7 Å². The van der Waals surface area contributed by atoms with E-state index in [2.05, 4.69) is 84.6 Å². The first kappa shape index (κ1) is 29.3. The first-order valence-corrected chi connectivity index (χ1v) is 16.1. The summed E-state index contributed by atoms with van der Waals surface area (Å²) >= 11 is 1.51. The molecule has 0 saturated carbocycles. The number of rotatable bonds is 7. The molecule has 9 nitrogen and oxygen atoms in total. The molecule has 2 aromatic carbocycles. The van der Waals surface area contributed by atoms with Crippen LogP contribution in [0, 0.1) is 5.41 Å². The van der Waals surface area contributed by atoms with E-state index < -0.39 is 6.09 Å². The van der Waals surface area contributed by atoms with Crippen molar-refractivity contribution in [1.29, 1.82) is 0 Å². The molecule has 4 heterocycles. The second-order valence-electron chi connectivity index (χ2n) is 12.9. The van der Waals surface area contributed by atoms with Crippen LogP contribution in [0.4, 0.5) is 22.0 Å². The number of carbonyl (C=O) groups is 1. The summed E-state index contributed by atoms with van der Waals surface area (Å²) in [5.41, 5.74) is 6.76. The highest BCUT2D eigenvalue weighted by atomic mass is 32.1. The van der Waals surface area contributed by atoms with Gasteiger partial charge >= 0.3 is 6.09 Å². The lowest BCUT2D eigenvalue weighted by atomic mass is 9.79. The van der Waals surface area contributed by atoms with Crippen LogP contribution in [-0.2, 0) is 6.54 Å². The summed E-state index contributed by atoms with van der Waals surface area (Å²) in [6.45, 7) is 11.0. The maximum absolute atomic E-state index is 11.8. The first-order chi connectivity index (χ1) is 20.7. The van der Waals surface area contributed by atoms with E-state index in [1.54, 1.807) is 4.90 Å². The topological polar surface area (TPSA) is 107 Å². The lowest BCUT2D eigenvalue weighted by Gasteiger charge is -2.44. The second-order valence-corrected chi connectivity index (χ2v) is 13.8. The van der Waals surface area contributed by atoms with Crippen molar-refractivity contribution in [2.24, 2.45) is 5.41 Å². The molecule has 0 aliphatic carbocycles. The number of fused-ring (bicyclic) bond motifs is 1. The number of benzene rings is 2. The van der Waals surface area contributed by atoms with Gasteiger partial charge in [0.1, 0.15) is 10.3 Å². The maximum atomic E-state index is 11.8. The van der Waals surface area contributed by atoms with E-state index in [9.17, 15) is 9.90 Å². The molecule has 43 heavy (non-hydrogen) atoms. The number of aromatic nitrogens is 3. The summed E-state index contributed by atoms with van der Waals surface area (Å²) in [7, 11) is 0. The molecule has 0 radical (unpaired) electrons. The summed E-state index contributed by atoms with van der Waals surface area (Å²) in [6, 6.07) is 17.7. The van der Waals surface area contributed by atoms with Gasteiger partial charge in [-0.15, -0.1) is 11.3 Å². The van der Waals surface area contributed by atoms with E-state index in [1.807, 2.05) is 17.6 Å². The maximum Gasteiger partial charge on any atom is 0.407 e. The van der Waals surface area contributed by atoms with Crippen LogP contribution in [0.3, 0.4) is 0 Å². The summed E-state index contributed by atoms with van der Waals surface area (Å²) in [4.78, 5) is 31.1. The number of likely N-dealkylation sites (tertiary alicyclic amines) is 1. The molecule has 2 aliphatic heterocycles. The number of anilines is 3. The van der Waals surface area contributed by atoms with E-state index >= 15 is 0 Å². The van der Waals surface area contributed by atoms with Crippen LogP contribution in [0.25, 0.3) is 21.7 Å². The van der Waals surface area contributed by atoms with Crippen LogP contribution in [0.1, 0.15) is 58.9 Å². The molecule has 2 fully saturated rings. The van der Waals surface area contributed by atoms with Crippen molar-refractivity contribution in [2.45, 2.75) is 78.0 Å². The average Bonchev–Trinajstić information content (AvgIpc) is 3.65. The second kappa shape index (κ2) is 12.1. The number of piperidine rings is 1. The van der Waals surface area contributed by atoms with E-state index in [1.165, 1.54) is 29.9 Å². The summed E-state index contributed by atoms with van der Waals surface area (Å²) in [5, 5.41) is 16.9. The predicted octanol–water partition coefficient (Wildman–Crippen LogP) is 7.13. The molecule has 4 aromatic rings.